The van der Waals surface area contributed by atoms with Gasteiger partial charge in [0.1, 0.15) is 10.7 Å². The minimum absolute atomic E-state index is 0.721. The molecule has 0 fully saturated rings. The van der Waals surface area contributed by atoms with E-state index in [0.717, 1.165) is 23.8 Å². The van der Waals surface area contributed by atoms with Crippen molar-refractivity contribution in [1.82, 2.24) is 19.1 Å². The summed E-state index contributed by atoms with van der Waals surface area (Å²) in [6, 6.07) is 0. The second-order valence-electron chi connectivity index (χ2n) is 2.81. The van der Waals surface area contributed by atoms with Crippen LogP contribution in [0.25, 0.3) is 0 Å². The van der Waals surface area contributed by atoms with E-state index >= 15 is 0 Å². The molecule has 0 aliphatic carbocycles. The monoisotopic (exact) mass is 209 g/mol. The van der Waals surface area contributed by atoms with Crippen LogP contribution in [0, 0.1) is 0 Å². The van der Waals surface area contributed by atoms with Crippen LogP contribution in [-0.4, -0.2) is 25.7 Å². The van der Waals surface area contributed by atoms with Gasteiger partial charge in [0.25, 0.3) is 0 Å². The fourth-order valence-electron chi connectivity index (χ4n) is 1.16. The average Bonchev–Trinajstić information content (AvgIpc) is 2.80. The molecule has 6 heteroatoms. The number of aromatic nitrogens is 4. The van der Waals surface area contributed by atoms with Crippen LogP contribution >= 0.6 is 11.5 Å². The number of hydrogen-bond donors (Lipinski definition) is 1. The van der Waals surface area contributed by atoms with Crippen molar-refractivity contribution < 1.29 is 0 Å². The summed E-state index contributed by atoms with van der Waals surface area (Å²) in [5.41, 5.74) is 0.967. The first-order valence-corrected chi connectivity index (χ1v) is 5.18. The first-order valence-electron chi connectivity index (χ1n) is 4.41. The van der Waals surface area contributed by atoms with Gasteiger partial charge in [0.05, 0.1) is 12.9 Å². The fraction of sp³-hybridized carbons (Fsp3) is 0.375. The topological polar surface area (TPSA) is 55.6 Å². The molecule has 14 heavy (non-hydrogen) atoms. The summed E-state index contributed by atoms with van der Waals surface area (Å²) in [6.45, 7) is 3.67. The summed E-state index contributed by atoms with van der Waals surface area (Å²) in [5.74, 6) is 0. The maximum Gasteiger partial charge on any atom is 0.135 e. The van der Waals surface area contributed by atoms with Crippen LogP contribution in [-0.2, 0) is 6.54 Å². The number of nitrogens with one attached hydrogen (secondary N) is 1. The summed E-state index contributed by atoms with van der Waals surface area (Å²) in [6.07, 6.45) is 5.44. The Morgan fingerprint density at radius 1 is 1.57 bits per heavy atom. The molecule has 1 N–H and O–H groups in total. The third-order valence-corrected chi connectivity index (χ3v) is 2.51. The van der Waals surface area contributed by atoms with Gasteiger partial charge in [0.2, 0.25) is 0 Å². The standard InChI is InChI=1S/C8H11N5S/c1-2-10-8-7(11-12-14-8)5-13-4-3-9-6-13/h3-4,6,10H,2,5H2,1H3. The molecule has 0 aromatic carbocycles. The highest BCUT2D eigenvalue weighted by Crippen LogP contribution is 2.17. The number of rotatable bonds is 4. The molecule has 0 aliphatic rings. The molecule has 0 radical (unpaired) electrons. The van der Waals surface area contributed by atoms with Crippen LogP contribution in [0.2, 0.25) is 0 Å². The Kier molecular flexibility index (Phi) is 2.73. The van der Waals surface area contributed by atoms with Crippen molar-refractivity contribution in [2.45, 2.75) is 13.5 Å². The lowest BCUT2D eigenvalue weighted by Crippen LogP contribution is -2.02. The summed E-state index contributed by atoms with van der Waals surface area (Å²) < 4.78 is 5.89. The summed E-state index contributed by atoms with van der Waals surface area (Å²) in [7, 11) is 0. The molecule has 2 rings (SSSR count). The molecule has 0 saturated heterocycles. The lowest BCUT2D eigenvalue weighted by Gasteiger charge is -2.02. The van der Waals surface area contributed by atoms with E-state index < -0.39 is 0 Å². The van der Waals surface area contributed by atoms with Crippen molar-refractivity contribution in [2.75, 3.05) is 11.9 Å². The van der Waals surface area contributed by atoms with Crippen molar-refractivity contribution in [3.05, 3.63) is 24.4 Å². The van der Waals surface area contributed by atoms with Gasteiger partial charge in [-0.2, -0.15) is 0 Å². The summed E-state index contributed by atoms with van der Waals surface area (Å²) >= 11 is 1.39. The maximum absolute atomic E-state index is 4.07. The molecular formula is C8H11N5S. The number of imidazole rings is 1. The normalized spacial score (nSPS) is 10.4. The summed E-state index contributed by atoms with van der Waals surface area (Å²) in [5, 5.41) is 8.34. The summed E-state index contributed by atoms with van der Waals surface area (Å²) in [4.78, 5) is 3.98. The molecule has 2 heterocycles. The van der Waals surface area contributed by atoms with Crippen molar-refractivity contribution in [1.29, 1.82) is 0 Å². The van der Waals surface area contributed by atoms with Gasteiger partial charge in [-0.25, -0.2) is 4.98 Å². The maximum atomic E-state index is 4.07. The Labute approximate surface area is 86.0 Å². The van der Waals surface area contributed by atoms with Crippen LogP contribution < -0.4 is 5.32 Å². The first-order chi connectivity index (χ1) is 6.90. The van der Waals surface area contributed by atoms with Crippen LogP contribution in [0.5, 0.6) is 0 Å². The molecule has 0 bridgehead atoms. The van der Waals surface area contributed by atoms with Gasteiger partial charge in [-0.3, -0.25) is 0 Å². The van der Waals surface area contributed by atoms with Gasteiger partial charge >= 0.3 is 0 Å². The third kappa shape index (κ3) is 1.90. The number of nitrogens with zero attached hydrogens (tertiary/aromatic N) is 4. The van der Waals surface area contributed by atoms with E-state index in [-0.39, 0.29) is 0 Å². The van der Waals surface area contributed by atoms with Crippen molar-refractivity contribution in [3.63, 3.8) is 0 Å². The Balaban J connectivity index is 2.12. The third-order valence-electron chi connectivity index (χ3n) is 1.78. The number of anilines is 1. The van der Waals surface area contributed by atoms with Gasteiger partial charge in [-0.15, -0.1) is 5.10 Å². The van der Waals surface area contributed by atoms with E-state index in [9.17, 15) is 0 Å². The fourth-order valence-corrected chi connectivity index (χ4v) is 1.80. The Morgan fingerprint density at radius 3 is 3.21 bits per heavy atom. The predicted molar refractivity (Wildman–Crippen MR) is 55.4 cm³/mol. The second-order valence-corrected chi connectivity index (χ2v) is 3.57. The molecule has 2 aromatic heterocycles. The SMILES string of the molecule is CCNc1snnc1Cn1ccnc1. The molecule has 0 unspecified atom stereocenters. The zero-order chi connectivity index (χ0) is 9.80. The highest BCUT2D eigenvalue weighted by molar-refractivity contribution is 7.10. The van der Waals surface area contributed by atoms with Gasteiger partial charge in [0.15, 0.2) is 0 Å². The second kappa shape index (κ2) is 4.19. The van der Waals surface area contributed by atoms with Crippen LogP contribution in [0.1, 0.15) is 12.6 Å². The molecular weight excluding hydrogens is 198 g/mol. The molecule has 0 amide bonds. The Bertz CT molecular complexity index is 380. The smallest absolute Gasteiger partial charge is 0.135 e. The van der Waals surface area contributed by atoms with E-state index in [1.54, 1.807) is 12.5 Å². The molecule has 0 saturated carbocycles. The van der Waals surface area contributed by atoms with Gasteiger partial charge in [0, 0.05) is 30.5 Å². The molecule has 74 valence electrons. The first kappa shape index (κ1) is 9.14. The predicted octanol–water partition coefficient (Wildman–Crippen LogP) is 1.21. The molecule has 5 nitrogen and oxygen atoms in total. The van der Waals surface area contributed by atoms with E-state index in [1.165, 1.54) is 11.5 Å². The lowest BCUT2D eigenvalue weighted by molar-refractivity contribution is 0.768. The largest absolute Gasteiger partial charge is 0.374 e. The minimum atomic E-state index is 0.721. The van der Waals surface area contributed by atoms with Crippen molar-refractivity contribution in [2.24, 2.45) is 0 Å². The van der Waals surface area contributed by atoms with Crippen molar-refractivity contribution >= 4 is 16.5 Å². The van der Waals surface area contributed by atoms with Gasteiger partial charge < -0.3 is 9.88 Å². The molecule has 0 spiro atoms. The van der Waals surface area contributed by atoms with Crippen LogP contribution in [0.3, 0.4) is 0 Å². The Hall–Kier alpha value is -1.43. The van der Waals surface area contributed by atoms with E-state index in [0.29, 0.717) is 0 Å². The minimum Gasteiger partial charge on any atom is -0.374 e. The molecule has 2 aromatic rings. The highest BCUT2D eigenvalue weighted by Gasteiger charge is 2.06. The van der Waals surface area contributed by atoms with E-state index in [2.05, 4.69) is 26.8 Å². The highest BCUT2D eigenvalue weighted by atomic mass is 32.1. The van der Waals surface area contributed by atoms with E-state index in [1.807, 2.05) is 10.8 Å². The lowest BCUT2D eigenvalue weighted by atomic mass is 10.4. The molecule has 0 aliphatic heterocycles. The average molecular weight is 209 g/mol. The van der Waals surface area contributed by atoms with Gasteiger partial charge in [-0.05, 0) is 6.92 Å². The zero-order valence-corrected chi connectivity index (χ0v) is 8.66. The quantitative estimate of drug-likeness (QED) is 0.822. The Morgan fingerprint density at radius 2 is 2.50 bits per heavy atom. The van der Waals surface area contributed by atoms with Crippen LogP contribution in [0.4, 0.5) is 5.00 Å². The molecule has 0 atom stereocenters. The van der Waals surface area contributed by atoms with E-state index in [4.69, 9.17) is 0 Å². The number of hydrogen-bond acceptors (Lipinski definition) is 5. The van der Waals surface area contributed by atoms with Crippen molar-refractivity contribution in [3.8, 4) is 0 Å². The van der Waals surface area contributed by atoms with Gasteiger partial charge in [-0.1, -0.05) is 4.49 Å². The zero-order valence-electron chi connectivity index (χ0n) is 7.84. The van der Waals surface area contributed by atoms with Crippen LogP contribution in [0.15, 0.2) is 18.7 Å².